The molecule has 1 atom stereocenters. The molecule has 0 unspecified atom stereocenters. The predicted octanol–water partition coefficient (Wildman–Crippen LogP) is 0.197. The van der Waals surface area contributed by atoms with E-state index < -0.39 is 5.91 Å². The Kier molecular flexibility index (Phi) is 8.32. The number of aromatic nitrogens is 3. The highest BCUT2D eigenvalue weighted by atomic mass is 16.5. The highest BCUT2D eigenvalue weighted by molar-refractivity contribution is 5.97. The van der Waals surface area contributed by atoms with Crippen molar-refractivity contribution in [1.29, 1.82) is 0 Å². The third-order valence-electron chi connectivity index (χ3n) is 6.93. The molecule has 0 spiro atoms. The van der Waals surface area contributed by atoms with Gasteiger partial charge < -0.3 is 40.5 Å². The molecule has 0 radical (unpaired) electrons. The molecule has 5 rings (SSSR count). The van der Waals surface area contributed by atoms with Crippen molar-refractivity contribution in [2.75, 3.05) is 75.9 Å². The molecular weight excluding hydrogens is 506 g/mol. The second kappa shape index (κ2) is 12.2. The lowest BCUT2D eigenvalue weighted by Crippen LogP contribution is -2.54. The van der Waals surface area contributed by atoms with Gasteiger partial charge in [-0.1, -0.05) is 0 Å². The summed E-state index contributed by atoms with van der Waals surface area (Å²) in [5, 5.41) is 14.4. The topological polar surface area (TPSA) is 168 Å². The van der Waals surface area contributed by atoms with E-state index in [0.29, 0.717) is 82.9 Å². The first-order chi connectivity index (χ1) is 19.0. The molecule has 3 aliphatic rings. The van der Waals surface area contributed by atoms with E-state index in [2.05, 4.69) is 25.8 Å². The third-order valence-corrected chi connectivity index (χ3v) is 6.93. The van der Waals surface area contributed by atoms with Crippen LogP contribution >= 0.6 is 0 Å². The second-order valence-corrected chi connectivity index (χ2v) is 9.61. The molecule has 2 aromatic rings. The Labute approximate surface area is 225 Å². The number of morpholine rings is 2. The van der Waals surface area contributed by atoms with Gasteiger partial charge in [0, 0.05) is 56.6 Å². The average molecular weight is 540 g/mol. The van der Waals surface area contributed by atoms with Gasteiger partial charge in [0.1, 0.15) is 0 Å². The van der Waals surface area contributed by atoms with Crippen LogP contribution in [0, 0.1) is 0 Å². The fourth-order valence-electron chi connectivity index (χ4n) is 4.80. The predicted molar refractivity (Wildman–Crippen MR) is 141 cm³/mol. The Morgan fingerprint density at radius 2 is 1.56 bits per heavy atom. The Hall–Kier alpha value is -4.04. The van der Waals surface area contributed by atoms with Crippen molar-refractivity contribution < 1.29 is 23.9 Å². The molecule has 14 nitrogen and oxygen atoms in total. The SMILES string of the molecule is NC(=O)c1nnc(N2CCC[C@@H](NC(=O)N3CCOCC3)C2)nc1Nc1ccc(C(=O)N2CCOCC2)cc1. The lowest BCUT2D eigenvalue weighted by atomic mass is 10.1. The molecule has 3 saturated heterocycles. The number of nitrogens with zero attached hydrogens (tertiary/aromatic N) is 6. The van der Waals surface area contributed by atoms with Crippen LogP contribution in [0.25, 0.3) is 0 Å². The first-order valence-electron chi connectivity index (χ1n) is 13.1. The summed E-state index contributed by atoms with van der Waals surface area (Å²) in [5.74, 6) is -0.336. The summed E-state index contributed by atoms with van der Waals surface area (Å²) in [7, 11) is 0. The zero-order valence-corrected chi connectivity index (χ0v) is 21.7. The molecule has 39 heavy (non-hydrogen) atoms. The first-order valence-corrected chi connectivity index (χ1v) is 13.1. The van der Waals surface area contributed by atoms with Crippen LogP contribution in [0.4, 0.5) is 22.2 Å². The highest BCUT2D eigenvalue weighted by Crippen LogP contribution is 2.22. The van der Waals surface area contributed by atoms with Crippen LogP contribution in [0.15, 0.2) is 24.3 Å². The van der Waals surface area contributed by atoms with E-state index in [1.165, 1.54) is 0 Å². The molecule has 4 heterocycles. The molecule has 4 amide bonds. The summed E-state index contributed by atoms with van der Waals surface area (Å²) in [6.45, 7) is 5.59. The third kappa shape index (κ3) is 6.52. The fourth-order valence-corrected chi connectivity index (χ4v) is 4.80. The number of piperidine rings is 1. The summed E-state index contributed by atoms with van der Waals surface area (Å²) in [5.41, 5.74) is 6.60. The van der Waals surface area contributed by atoms with Gasteiger partial charge in [0.25, 0.3) is 11.8 Å². The largest absolute Gasteiger partial charge is 0.378 e. The van der Waals surface area contributed by atoms with E-state index in [0.717, 1.165) is 12.8 Å². The molecule has 0 aliphatic carbocycles. The normalized spacial score (nSPS) is 19.9. The summed E-state index contributed by atoms with van der Waals surface area (Å²) in [4.78, 5) is 47.4. The van der Waals surface area contributed by atoms with Gasteiger partial charge in [0.15, 0.2) is 11.5 Å². The zero-order valence-electron chi connectivity index (χ0n) is 21.7. The van der Waals surface area contributed by atoms with Crippen molar-refractivity contribution in [1.82, 2.24) is 30.3 Å². The number of hydrogen-bond donors (Lipinski definition) is 3. The molecule has 3 aliphatic heterocycles. The van der Waals surface area contributed by atoms with E-state index in [1.807, 2.05) is 4.90 Å². The standard InChI is InChI=1S/C25H33N9O5/c26-21(35)20-22(27-18-5-3-17(4-6-18)23(36)32-8-12-38-13-9-32)29-24(31-30-20)34-7-1-2-19(16-34)28-25(37)33-10-14-39-15-11-33/h3-6,19H,1-2,7-16H2,(H2,26,35)(H,28,37)(H,27,29,31)/t19-/m1/s1. The smallest absolute Gasteiger partial charge is 0.317 e. The van der Waals surface area contributed by atoms with Crippen LogP contribution in [0.1, 0.15) is 33.7 Å². The Morgan fingerprint density at radius 3 is 2.23 bits per heavy atom. The van der Waals surface area contributed by atoms with E-state index in [1.54, 1.807) is 34.1 Å². The Morgan fingerprint density at radius 1 is 0.897 bits per heavy atom. The number of carbonyl (C=O) groups excluding carboxylic acids is 3. The number of amides is 4. The van der Waals surface area contributed by atoms with Crippen molar-refractivity contribution >= 4 is 35.3 Å². The van der Waals surface area contributed by atoms with Crippen LogP contribution in [0.3, 0.4) is 0 Å². The molecular formula is C25H33N9O5. The monoisotopic (exact) mass is 539 g/mol. The van der Waals surface area contributed by atoms with E-state index in [-0.39, 0.29) is 29.5 Å². The van der Waals surface area contributed by atoms with Crippen LogP contribution in [0.2, 0.25) is 0 Å². The maximum atomic E-state index is 12.7. The maximum absolute atomic E-state index is 12.7. The van der Waals surface area contributed by atoms with Gasteiger partial charge in [-0.25, -0.2) is 4.79 Å². The number of hydrogen-bond acceptors (Lipinski definition) is 10. The first kappa shape index (κ1) is 26.6. The number of nitrogens with one attached hydrogen (secondary N) is 2. The van der Waals surface area contributed by atoms with Gasteiger partial charge in [-0.05, 0) is 37.1 Å². The van der Waals surface area contributed by atoms with Crippen molar-refractivity contribution in [2.24, 2.45) is 5.73 Å². The minimum absolute atomic E-state index is 0.0611. The van der Waals surface area contributed by atoms with Gasteiger partial charge in [-0.3, -0.25) is 9.59 Å². The van der Waals surface area contributed by atoms with Gasteiger partial charge >= 0.3 is 6.03 Å². The number of urea groups is 1. The van der Waals surface area contributed by atoms with Crippen LogP contribution in [0.5, 0.6) is 0 Å². The number of anilines is 3. The van der Waals surface area contributed by atoms with Crippen molar-refractivity contribution in [2.45, 2.75) is 18.9 Å². The molecule has 1 aromatic carbocycles. The number of ether oxygens (including phenoxy) is 2. The maximum Gasteiger partial charge on any atom is 0.317 e. The van der Waals surface area contributed by atoms with Gasteiger partial charge in [0.2, 0.25) is 5.95 Å². The summed E-state index contributed by atoms with van der Waals surface area (Å²) >= 11 is 0. The van der Waals surface area contributed by atoms with Crippen LogP contribution in [-0.2, 0) is 9.47 Å². The molecule has 1 aromatic heterocycles. The molecule has 0 bridgehead atoms. The van der Waals surface area contributed by atoms with Crippen molar-refractivity contribution in [3.63, 3.8) is 0 Å². The summed E-state index contributed by atoms with van der Waals surface area (Å²) in [6.07, 6.45) is 1.66. The second-order valence-electron chi connectivity index (χ2n) is 9.61. The van der Waals surface area contributed by atoms with Crippen molar-refractivity contribution in [3.8, 4) is 0 Å². The van der Waals surface area contributed by atoms with Gasteiger partial charge in [-0.2, -0.15) is 4.98 Å². The number of benzene rings is 1. The summed E-state index contributed by atoms with van der Waals surface area (Å²) < 4.78 is 10.6. The zero-order chi connectivity index (χ0) is 27.2. The molecule has 3 fully saturated rings. The van der Waals surface area contributed by atoms with E-state index >= 15 is 0 Å². The number of nitrogens with two attached hydrogens (primary N) is 1. The Bertz CT molecular complexity index is 1180. The van der Waals surface area contributed by atoms with Crippen molar-refractivity contribution in [3.05, 3.63) is 35.5 Å². The highest BCUT2D eigenvalue weighted by Gasteiger charge is 2.27. The number of rotatable bonds is 6. The fraction of sp³-hybridized carbons (Fsp3) is 0.520. The minimum atomic E-state index is -0.766. The lowest BCUT2D eigenvalue weighted by Gasteiger charge is -2.35. The quantitative estimate of drug-likeness (QED) is 0.461. The Balaban J connectivity index is 1.26. The minimum Gasteiger partial charge on any atom is -0.378 e. The molecule has 14 heteroatoms. The number of carbonyl (C=O) groups is 3. The number of primary amides is 1. The molecule has 4 N–H and O–H groups in total. The van der Waals surface area contributed by atoms with Gasteiger partial charge in [-0.15, -0.1) is 10.2 Å². The lowest BCUT2D eigenvalue weighted by molar-refractivity contribution is 0.0303. The van der Waals surface area contributed by atoms with Crippen LogP contribution in [-0.4, -0.2) is 115 Å². The summed E-state index contributed by atoms with van der Waals surface area (Å²) in [6, 6.07) is 6.71. The molecule has 0 saturated carbocycles. The molecule has 208 valence electrons. The van der Waals surface area contributed by atoms with Gasteiger partial charge in [0.05, 0.1) is 26.4 Å². The van der Waals surface area contributed by atoms with E-state index in [4.69, 9.17) is 15.2 Å². The van der Waals surface area contributed by atoms with Crippen LogP contribution < -0.4 is 21.3 Å². The van der Waals surface area contributed by atoms with E-state index in [9.17, 15) is 14.4 Å². The average Bonchev–Trinajstić information content (AvgIpc) is 2.98.